The molecule has 2 N–H and O–H groups in total. The number of aromatic nitrogens is 2. The molecule has 2 rings (SSSR count). The molecule has 2 heterocycles. The SMILES string of the molecule is CCCCCCCCCCCCCCCCO[C@H]1C(OP(=O)(O)OC(C)C)[C@@H](CC(C)C)O[C@H]1n1ccc(=O)[nH]c1=O. The molecule has 10 nitrogen and oxygen atoms in total. The van der Waals surface area contributed by atoms with E-state index in [1.807, 2.05) is 13.8 Å². The molecule has 0 saturated carbocycles. The molecule has 0 spiro atoms. The van der Waals surface area contributed by atoms with Crippen LogP contribution in [0.5, 0.6) is 0 Å². The van der Waals surface area contributed by atoms with Crippen LogP contribution in [-0.4, -0.2) is 45.5 Å². The van der Waals surface area contributed by atoms with E-state index >= 15 is 0 Å². The van der Waals surface area contributed by atoms with Gasteiger partial charge in [0.2, 0.25) is 0 Å². The first-order valence-electron chi connectivity index (χ1n) is 16.3. The maximum atomic E-state index is 12.8. The Labute approximate surface area is 252 Å². The molecular weight excluding hydrogens is 559 g/mol. The number of unbranched alkanes of at least 4 members (excludes halogenated alkanes) is 13. The Morgan fingerprint density at radius 3 is 1.95 bits per heavy atom. The molecule has 42 heavy (non-hydrogen) atoms. The topological polar surface area (TPSA) is 129 Å². The van der Waals surface area contributed by atoms with Crippen LogP contribution in [0.3, 0.4) is 0 Å². The molecule has 1 aromatic rings. The van der Waals surface area contributed by atoms with Crippen molar-refractivity contribution in [2.24, 2.45) is 5.92 Å². The van der Waals surface area contributed by atoms with E-state index in [9.17, 15) is 19.0 Å². The molecule has 1 aromatic heterocycles. The average molecular weight is 617 g/mol. The van der Waals surface area contributed by atoms with Crippen LogP contribution in [-0.2, 0) is 23.1 Å². The Balaban J connectivity index is 1.91. The number of hydrogen-bond acceptors (Lipinski definition) is 7. The van der Waals surface area contributed by atoms with E-state index in [0.717, 1.165) is 19.3 Å². The summed E-state index contributed by atoms with van der Waals surface area (Å²) in [4.78, 5) is 37.0. The second-order valence-electron chi connectivity index (χ2n) is 12.3. The molecule has 1 saturated heterocycles. The lowest BCUT2D eigenvalue weighted by molar-refractivity contribution is -0.0724. The predicted octanol–water partition coefficient (Wildman–Crippen LogP) is 7.26. The van der Waals surface area contributed by atoms with Crippen LogP contribution in [0.4, 0.5) is 0 Å². The fraction of sp³-hybridized carbons (Fsp3) is 0.871. The third-order valence-electron chi connectivity index (χ3n) is 7.52. The molecule has 244 valence electrons. The van der Waals surface area contributed by atoms with Crippen molar-refractivity contribution in [3.63, 3.8) is 0 Å². The first-order valence-corrected chi connectivity index (χ1v) is 17.8. The van der Waals surface area contributed by atoms with Crippen molar-refractivity contribution in [3.05, 3.63) is 33.1 Å². The average Bonchev–Trinajstić information content (AvgIpc) is 3.20. The van der Waals surface area contributed by atoms with E-state index in [-0.39, 0.29) is 5.92 Å². The first kappa shape index (κ1) is 36.9. The summed E-state index contributed by atoms with van der Waals surface area (Å²) in [6.45, 7) is 9.95. The minimum Gasteiger partial charge on any atom is -0.371 e. The van der Waals surface area contributed by atoms with Crippen molar-refractivity contribution in [2.45, 2.75) is 162 Å². The van der Waals surface area contributed by atoms with Gasteiger partial charge in [0, 0.05) is 18.9 Å². The zero-order valence-electron chi connectivity index (χ0n) is 26.6. The van der Waals surface area contributed by atoms with Gasteiger partial charge in [-0.15, -0.1) is 0 Å². The molecule has 0 aliphatic carbocycles. The van der Waals surface area contributed by atoms with Crippen molar-refractivity contribution >= 4 is 7.82 Å². The summed E-state index contributed by atoms with van der Waals surface area (Å²) >= 11 is 0. The number of nitrogens with zero attached hydrogens (tertiary/aromatic N) is 1. The van der Waals surface area contributed by atoms with Crippen LogP contribution in [0, 0.1) is 5.92 Å². The van der Waals surface area contributed by atoms with Gasteiger partial charge in [-0.25, -0.2) is 9.36 Å². The lowest BCUT2D eigenvalue weighted by Crippen LogP contribution is -2.40. The molecule has 5 atom stereocenters. The van der Waals surface area contributed by atoms with Gasteiger partial charge in [-0.1, -0.05) is 104 Å². The fourth-order valence-corrected chi connectivity index (χ4v) is 6.63. The number of phosphoric acid groups is 1. The van der Waals surface area contributed by atoms with Crippen LogP contribution >= 0.6 is 7.82 Å². The lowest BCUT2D eigenvalue weighted by atomic mass is 10.0. The lowest BCUT2D eigenvalue weighted by Gasteiger charge is -2.27. The van der Waals surface area contributed by atoms with Gasteiger partial charge in [0.1, 0.15) is 12.2 Å². The van der Waals surface area contributed by atoms with Crippen LogP contribution in [0.25, 0.3) is 0 Å². The zero-order chi connectivity index (χ0) is 31.0. The van der Waals surface area contributed by atoms with E-state index in [0.29, 0.717) is 13.0 Å². The maximum absolute atomic E-state index is 12.8. The standard InChI is InChI=1S/C31H57N2O8P/c1-6-7-8-9-10-11-12-13-14-15-16-17-18-19-22-38-29-28(41-42(36,37)40-25(4)5)26(23-24(2)3)39-30(29)33-21-20-27(34)32-31(33)35/h20-21,24-26,28-30H,6-19,22-23H2,1-5H3,(H,36,37)(H,32,34,35)/t26-,28?,29+,30-/m1/s1. The van der Waals surface area contributed by atoms with Crippen LogP contribution in [0.15, 0.2) is 21.9 Å². The van der Waals surface area contributed by atoms with E-state index in [1.165, 1.54) is 87.5 Å². The second kappa shape index (κ2) is 19.9. The number of ether oxygens (including phenoxy) is 2. The normalized spacial score (nSPS) is 22.3. The number of rotatable bonds is 23. The Morgan fingerprint density at radius 2 is 1.45 bits per heavy atom. The molecule has 1 fully saturated rings. The molecule has 1 aliphatic heterocycles. The molecular formula is C31H57N2O8P. The highest BCUT2D eigenvalue weighted by Crippen LogP contribution is 2.50. The summed E-state index contributed by atoms with van der Waals surface area (Å²) in [7, 11) is -4.43. The Hall–Kier alpha value is -1.29. The number of H-pyrrole nitrogens is 1. The number of phosphoric ester groups is 1. The third-order valence-corrected chi connectivity index (χ3v) is 8.72. The highest BCUT2D eigenvalue weighted by Gasteiger charge is 2.50. The van der Waals surface area contributed by atoms with Crippen molar-refractivity contribution in [1.82, 2.24) is 9.55 Å². The van der Waals surface area contributed by atoms with Crippen LogP contribution in [0.2, 0.25) is 0 Å². The quantitative estimate of drug-likeness (QED) is 0.0971. The Kier molecular flexibility index (Phi) is 17.5. The number of aromatic amines is 1. The summed E-state index contributed by atoms with van der Waals surface area (Å²) in [5.41, 5.74) is -1.17. The highest BCUT2D eigenvalue weighted by molar-refractivity contribution is 7.47. The van der Waals surface area contributed by atoms with Crippen molar-refractivity contribution in [2.75, 3.05) is 6.61 Å². The van der Waals surface area contributed by atoms with E-state index < -0.39 is 49.7 Å². The summed E-state index contributed by atoms with van der Waals surface area (Å²) in [5.74, 6) is 0.183. The fourth-order valence-electron chi connectivity index (χ4n) is 5.48. The zero-order valence-corrected chi connectivity index (χ0v) is 27.5. The minimum absolute atomic E-state index is 0.183. The van der Waals surface area contributed by atoms with Crippen molar-refractivity contribution in [3.8, 4) is 0 Å². The maximum Gasteiger partial charge on any atom is 0.472 e. The monoisotopic (exact) mass is 616 g/mol. The van der Waals surface area contributed by atoms with Gasteiger partial charge in [-0.05, 0) is 32.6 Å². The Bertz CT molecular complexity index is 1030. The summed E-state index contributed by atoms with van der Waals surface area (Å²) in [6, 6.07) is 1.24. The van der Waals surface area contributed by atoms with Gasteiger partial charge in [-0.3, -0.25) is 23.4 Å². The van der Waals surface area contributed by atoms with Gasteiger partial charge in [-0.2, -0.15) is 0 Å². The molecule has 0 radical (unpaired) electrons. The third kappa shape index (κ3) is 14.0. The molecule has 11 heteroatoms. The first-order chi connectivity index (χ1) is 20.0. The second-order valence-corrected chi connectivity index (χ2v) is 13.7. The van der Waals surface area contributed by atoms with Gasteiger partial charge in [0.05, 0.1) is 12.2 Å². The number of nitrogens with one attached hydrogen (secondary N) is 1. The summed E-state index contributed by atoms with van der Waals surface area (Å²) in [5, 5.41) is 0. The largest absolute Gasteiger partial charge is 0.472 e. The number of hydrogen-bond donors (Lipinski definition) is 2. The predicted molar refractivity (Wildman–Crippen MR) is 166 cm³/mol. The van der Waals surface area contributed by atoms with E-state index in [1.54, 1.807) is 13.8 Å². The van der Waals surface area contributed by atoms with Crippen molar-refractivity contribution in [1.29, 1.82) is 0 Å². The van der Waals surface area contributed by atoms with Crippen LogP contribution < -0.4 is 11.2 Å². The van der Waals surface area contributed by atoms with Gasteiger partial charge in [0.15, 0.2) is 6.23 Å². The molecule has 0 bridgehead atoms. The van der Waals surface area contributed by atoms with Crippen molar-refractivity contribution < 1.29 is 28.0 Å². The molecule has 0 aromatic carbocycles. The highest BCUT2D eigenvalue weighted by atomic mass is 31.2. The van der Waals surface area contributed by atoms with Gasteiger partial charge in [0.25, 0.3) is 5.56 Å². The summed E-state index contributed by atoms with van der Waals surface area (Å²) < 4.78 is 37.4. The Morgan fingerprint density at radius 1 is 0.905 bits per heavy atom. The van der Waals surface area contributed by atoms with E-state index in [4.69, 9.17) is 18.5 Å². The van der Waals surface area contributed by atoms with Gasteiger partial charge < -0.3 is 14.4 Å². The summed E-state index contributed by atoms with van der Waals surface area (Å²) in [6.07, 6.45) is 15.4. The molecule has 0 amide bonds. The minimum atomic E-state index is -4.43. The smallest absolute Gasteiger partial charge is 0.371 e. The molecule has 1 aliphatic rings. The molecule has 2 unspecified atom stereocenters. The van der Waals surface area contributed by atoms with Crippen LogP contribution in [0.1, 0.15) is 137 Å². The van der Waals surface area contributed by atoms with Gasteiger partial charge >= 0.3 is 13.5 Å². The van der Waals surface area contributed by atoms with E-state index in [2.05, 4.69) is 11.9 Å².